The molecule has 0 fully saturated rings. The van der Waals surface area contributed by atoms with Crippen LogP contribution in [0.5, 0.6) is 0 Å². The quantitative estimate of drug-likeness (QED) is 0.845. The maximum Gasteiger partial charge on any atom is 0.251 e. The molecule has 0 aliphatic heterocycles. The van der Waals surface area contributed by atoms with E-state index in [1.807, 2.05) is 6.07 Å². The van der Waals surface area contributed by atoms with Gasteiger partial charge in [-0.25, -0.2) is 4.98 Å². The summed E-state index contributed by atoms with van der Waals surface area (Å²) in [5.41, 5.74) is 0.279. The maximum absolute atomic E-state index is 11.1. The highest BCUT2D eigenvalue weighted by atomic mass is 35.5. The highest BCUT2D eigenvalue weighted by molar-refractivity contribution is 7.99. The molecule has 0 amide bonds. The van der Waals surface area contributed by atoms with Gasteiger partial charge in [0.1, 0.15) is 0 Å². The Labute approximate surface area is 106 Å². The number of H-pyrrole nitrogens is 1. The lowest BCUT2D eigenvalue weighted by molar-refractivity contribution is 0.937. The predicted octanol–water partition coefficient (Wildman–Crippen LogP) is 2.45. The largest absolute Gasteiger partial charge is 0.301 e. The minimum absolute atomic E-state index is 0.215. The monoisotopic (exact) mass is 263 g/mol. The Kier molecular flexibility index (Phi) is 3.47. The number of aromatic nitrogens is 2. The van der Waals surface area contributed by atoms with E-state index >= 15 is 0 Å². The van der Waals surface area contributed by atoms with E-state index in [0.29, 0.717) is 15.7 Å². The van der Waals surface area contributed by atoms with Gasteiger partial charge in [0, 0.05) is 17.2 Å². The van der Waals surface area contributed by atoms with Gasteiger partial charge >= 0.3 is 0 Å². The average molecular weight is 264 g/mol. The molecular formula is C11H6ClN3OS. The SMILES string of the molecule is N#Cc1ccc(Sc2nccc(=O)[nH]2)c(Cl)c1. The Morgan fingerprint density at radius 1 is 1.41 bits per heavy atom. The van der Waals surface area contributed by atoms with Crippen molar-refractivity contribution in [1.82, 2.24) is 9.97 Å². The van der Waals surface area contributed by atoms with E-state index in [-0.39, 0.29) is 5.56 Å². The van der Waals surface area contributed by atoms with Crippen molar-refractivity contribution in [1.29, 1.82) is 5.26 Å². The Morgan fingerprint density at radius 2 is 2.24 bits per heavy atom. The Morgan fingerprint density at radius 3 is 2.88 bits per heavy atom. The van der Waals surface area contributed by atoms with E-state index in [4.69, 9.17) is 16.9 Å². The number of halogens is 1. The van der Waals surface area contributed by atoms with Crippen LogP contribution in [0.1, 0.15) is 5.56 Å². The zero-order valence-corrected chi connectivity index (χ0v) is 10.0. The fourth-order valence-electron chi connectivity index (χ4n) is 1.16. The van der Waals surface area contributed by atoms with Crippen molar-refractivity contribution in [3.63, 3.8) is 0 Å². The summed E-state index contributed by atoms with van der Waals surface area (Å²) < 4.78 is 0. The molecule has 6 heteroatoms. The summed E-state index contributed by atoms with van der Waals surface area (Å²) in [6, 6.07) is 8.30. The van der Waals surface area contributed by atoms with Gasteiger partial charge in [-0.3, -0.25) is 4.79 Å². The van der Waals surface area contributed by atoms with Crippen molar-refractivity contribution in [2.45, 2.75) is 10.1 Å². The van der Waals surface area contributed by atoms with Gasteiger partial charge in [-0.1, -0.05) is 23.4 Å². The van der Waals surface area contributed by atoms with Crippen LogP contribution in [-0.4, -0.2) is 9.97 Å². The van der Waals surface area contributed by atoms with Gasteiger partial charge in [0.15, 0.2) is 5.16 Å². The van der Waals surface area contributed by atoms with E-state index in [0.717, 1.165) is 4.90 Å². The van der Waals surface area contributed by atoms with Gasteiger partial charge in [0.25, 0.3) is 5.56 Å². The van der Waals surface area contributed by atoms with Crippen LogP contribution in [0, 0.1) is 11.3 Å². The molecule has 0 spiro atoms. The minimum Gasteiger partial charge on any atom is -0.301 e. The smallest absolute Gasteiger partial charge is 0.251 e. The van der Waals surface area contributed by atoms with E-state index in [2.05, 4.69) is 9.97 Å². The lowest BCUT2D eigenvalue weighted by Gasteiger charge is -2.02. The number of aromatic amines is 1. The third-order valence-electron chi connectivity index (χ3n) is 1.92. The average Bonchev–Trinajstić information content (AvgIpc) is 2.32. The molecule has 1 N–H and O–H groups in total. The Hall–Kier alpha value is -1.77. The molecule has 4 nitrogen and oxygen atoms in total. The van der Waals surface area contributed by atoms with Gasteiger partial charge in [-0.15, -0.1) is 0 Å². The van der Waals surface area contributed by atoms with Gasteiger partial charge in [0.05, 0.1) is 16.7 Å². The second-order valence-electron chi connectivity index (χ2n) is 3.10. The summed E-state index contributed by atoms with van der Waals surface area (Å²) in [7, 11) is 0. The standard InChI is InChI=1S/C11H6ClN3OS/c12-8-5-7(6-13)1-2-9(8)17-11-14-4-3-10(16)15-11/h1-5H,(H,14,15,16). The van der Waals surface area contributed by atoms with Gasteiger partial charge in [0.2, 0.25) is 0 Å². The molecule has 0 radical (unpaired) electrons. The van der Waals surface area contributed by atoms with Crippen molar-refractivity contribution in [3.8, 4) is 6.07 Å². The van der Waals surface area contributed by atoms with Crippen molar-refractivity contribution < 1.29 is 0 Å². The van der Waals surface area contributed by atoms with Gasteiger partial charge < -0.3 is 4.98 Å². The summed E-state index contributed by atoms with van der Waals surface area (Å²) in [6.45, 7) is 0. The number of hydrogen-bond acceptors (Lipinski definition) is 4. The number of nitriles is 1. The first-order valence-electron chi connectivity index (χ1n) is 4.62. The molecule has 1 aromatic heterocycles. The number of nitrogens with one attached hydrogen (secondary N) is 1. The highest BCUT2D eigenvalue weighted by Crippen LogP contribution is 2.31. The van der Waals surface area contributed by atoms with E-state index < -0.39 is 0 Å². The lowest BCUT2D eigenvalue weighted by Crippen LogP contribution is -2.04. The third kappa shape index (κ3) is 2.87. The number of nitrogens with zero attached hydrogens (tertiary/aromatic N) is 2. The fraction of sp³-hybridized carbons (Fsp3) is 0. The molecule has 2 aromatic rings. The Bertz CT molecular complexity index is 648. The minimum atomic E-state index is -0.215. The molecular weight excluding hydrogens is 258 g/mol. The van der Waals surface area contributed by atoms with Crippen molar-refractivity contribution in [2.75, 3.05) is 0 Å². The van der Waals surface area contributed by atoms with Crippen molar-refractivity contribution in [2.24, 2.45) is 0 Å². The van der Waals surface area contributed by atoms with Gasteiger partial charge in [-0.2, -0.15) is 5.26 Å². The summed E-state index contributed by atoms with van der Waals surface area (Å²) in [5.74, 6) is 0. The predicted molar refractivity (Wildman–Crippen MR) is 65.1 cm³/mol. The molecule has 0 atom stereocenters. The molecule has 0 aliphatic carbocycles. The molecule has 1 aromatic carbocycles. The summed E-state index contributed by atoms with van der Waals surface area (Å²) in [6.07, 6.45) is 1.43. The number of hydrogen-bond donors (Lipinski definition) is 1. The summed E-state index contributed by atoms with van der Waals surface area (Å²) in [5, 5.41) is 9.62. The van der Waals surface area contributed by atoms with E-state index in [1.165, 1.54) is 24.0 Å². The fourth-order valence-corrected chi connectivity index (χ4v) is 2.22. The second-order valence-corrected chi connectivity index (χ2v) is 4.54. The van der Waals surface area contributed by atoms with Crippen LogP contribution in [0.3, 0.4) is 0 Å². The van der Waals surface area contributed by atoms with Crippen LogP contribution in [-0.2, 0) is 0 Å². The van der Waals surface area contributed by atoms with Crippen LogP contribution in [0.4, 0.5) is 0 Å². The molecule has 0 unspecified atom stereocenters. The molecule has 0 saturated heterocycles. The van der Waals surface area contributed by atoms with Gasteiger partial charge in [-0.05, 0) is 18.2 Å². The second kappa shape index (κ2) is 5.04. The molecule has 1 heterocycles. The van der Waals surface area contributed by atoms with E-state index in [1.54, 1.807) is 18.2 Å². The molecule has 0 aliphatic rings. The molecule has 0 saturated carbocycles. The van der Waals surface area contributed by atoms with E-state index in [9.17, 15) is 4.79 Å². The van der Waals surface area contributed by atoms with Crippen molar-refractivity contribution >= 4 is 23.4 Å². The third-order valence-corrected chi connectivity index (χ3v) is 3.32. The topological polar surface area (TPSA) is 69.5 Å². The van der Waals surface area contributed by atoms with Crippen LogP contribution < -0.4 is 5.56 Å². The molecule has 84 valence electrons. The number of benzene rings is 1. The zero-order chi connectivity index (χ0) is 12.3. The Balaban J connectivity index is 2.31. The van der Waals surface area contributed by atoms with Crippen LogP contribution in [0.15, 0.2) is 45.3 Å². The molecule has 2 rings (SSSR count). The first-order chi connectivity index (χ1) is 8.19. The van der Waals surface area contributed by atoms with Crippen LogP contribution in [0.2, 0.25) is 5.02 Å². The summed E-state index contributed by atoms with van der Waals surface area (Å²) in [4.78, 5) is 18.4. The molecule has 0 bridgehead atoms. The zero-order valence-electron chi connectivity index (χ0n) is 8.48. The van der Waals surface area contributed by atoms with Crippen LogP contribution in [0.25, 0.3) is 0 Å². The van der Waals surface area contributed by atoms with Crippen LogP contribution >= 0.6 is 23.4 Å². The molecule has 17 heavy (non-hydrogen) atoms. The normalized spacial score (nSPS) is 9.88. The summed E-state index contributed by atoms with van der Waals surface area (Å²) >= 11 is 7.25. The first kappa shape index (κ1) is 11.7. The first-order valence-corrected chi connectivity index (χ1v) is 5.81. The number of rotatable bonds is 2. The maximum atomic E-state index is 11.1. The lowest BCUT2D eigenvalue weighted by atomic mass is 10.2. The highest BCUT2D eigenvalue weighted by Gasteiger charge is 2.05. The van der Waals surface area contributed by atoms with Crippen molar-refractivity contribution in [3.05, 3.63) is 51.4 Å².